The number of nitrogens with one attached hydrogen (secondary N) is 2. The zero-order valence-electron chi connectivity index (χ0n) is 18.7. The topological polar surface area (TPSA) is 70.2 Å². The number of thioether (sulfide) groups is 1. The number of rotatable bonds is 7. The maximum Gasteiger partial charge on any atom is 0.234 e. The lowest BCUT2D eigenvalue weighted by Crippen LogP contribution is -2.36. The third-order valence-electron chi connectivity index (χ3n) is 5.66. The van der Waals surface area contributed by atoms with E-state index in [4.69, 9.17) is 9.72 Å². The van der Waals surface area contributed by atoms with Gasteiger partial charge in [-0.15, -0.1) is 0 Å². The SMILES string of the molecule is O=C(CSc1nc(-c2ccccc2)c(-c2ccccc2)[nH]1)Nc1ccc(N2CCOCC2)cc1. The number of anilines is 2. The zero-order chi connectivity index (χ0) is 23.2. The molecular formula is C27H26N4O2S. The Hall–Kier alpha value is -3.55. The average Bonchev–Trinajstić information content (AvgIpc) is 3.34. The molecule has 6 nitrogen and oxygen atoms in total. The van der Waals surface area contributed by atoms with Gasteiger partial charge in [0, 0.05) is 35.6 Å². The van der Waals surface area contributed by atoms with Crippen LogP contribution < -0.4 is 10.2 Å². The number of benzene rings is 3. The van der Waals surface area contributed by atoms with E-state index in [1.54, 1.807) is 0 Å². The van der Waals surface area contributed by atoms with Crippen LogP contribution in [-0.4, -0.2) is 47.9 Å². The Balaban J connectivity index is 1.25. The van der Waals surface area contributed by atoms with Crippen molar-refractivity contribution in [1.29, 1.82) is 0 Å². The minimum atomic E-state index is -0.0666. The number of nitrogens with zero attached hydrogens (tertiary/aromatic N) is 2. The molecule has 7 heteroatoms. The third-order valence-corrected chi connectivity index (χ3v) is 6.53. The highest BCUT2D eigenvalue weighted by atomic mass is 32.2. The minimum Gasteiger partial charge on any atom is -0.378 e. The number of hydrogen-bond acceptors (Lipinski definition) is 5. The number of amides is 1. The molecule has 0 radical (unpaired) electrons. The van der Waals surface area contributed by atoms with Crippen molar-refractivity contribution in [2.75, 3.05) is 42.3 Å². The first-order valence-electron chi connectivity index (χ1n) is 11.3. The number of carbonyl (C=O) groups is 1. The molecule has 5 rings (SSSR count). The summed E-state index contributed by atoms with van der Waals surface area (Å²) in [6, 6.07) is 28.2. The van der Waals surface area contributed by atoms with Crippen LogP contribution in [0.5, 0.6) is 0 Å². The molecule has 1 saturated heterocycles. The number of ether oxygens (including phenoxy) is 1. The summed E-state index contributed by atoms with van der Waals surface area (Å²) in [7, 11) is 0. The van der Waals surface area contributed by atoms with Gasteiger partial charge in [-0.05, 0) is 24.3 Å². The quantitative estimate of drug-likeness (QED) is 0.358. The number of morpholine rings is 1. The van der Waals surface area contributed by atoms with E-state index in [0.29, 0.717) is 0 Å². The van der Waals surface area contributed by atoms with Gasteiger partial charge >= 0.3 is 0 Å². The zero-order valence-corrected chi connectivity index (χ0v) is 19.6. The lowest BCUT2D eigenvalue weighted by atomic mass is 10.1. The summed E-state index contributed by atoms with van der Waals surface area (Å²) in [4.78, 5) is 23.1. The summed E-state index contributed by atoms with van der Waals surface area (Å²) in [6.45, 7) is 3.28. The van der Waals surface area contributed by atoms with E-state index < -0.39 is 0 Å². The van der Waals surface area contributed by atoms with E-state index in [1.807, 2.05) is 72.8 Å². The van der Waals surface area contributed by atoms with Gasteiger partial charge in [0.25, 0.3) is 0 Å². The van der Waals surface area contributed by atoms with E-state index in [2.05, 4.69) is 27.3 Å². The van der Waals surface area contributed by atoms with Gasteiger partial charge in [-0.2, -0.15) is 0 Å². The monoisotopic (exact) mass is 470 g/mol. The van der Waals surface area contributed by atoms with Crippen LogP contribution in [0.1, 0.15) is 0 Å². The number of aromatic nitrogens is 2. The van der Waals surface area contributed by atoms with Gasteiger partial charge < -0.3 is 19.9 Å². The second-order valence-corrected chi connectivity index (χ2v) is 8.94. The highest BCUT2D eigenvalue weighted by molar-refractivity contribution is 7.99. The molecule has 2 heterocycles. The molecule has 2 N–H and O–H groups in total. The molecule has 1 aliphatic heterocycles. The second kappa shape index (κ2) is 10.6. The molecular weight excluding hydrogens is 444 g/mol. The molecule has 1 amide bonds. The van der Waals surface area contributed by atoms with Gasteiger partial charge in [-0.25, -0.2) is 4.98 Å². The first-order valence-corrected chi connectivity index (χ1v) is 12.3. The summed E-state index contributed by atoms with van der Waals surface area (Å²) in [5, 5.41) is 3.70. The summed E-state index contributed by atoms with van der Waals surface area (Å²) in [5.41, 5.74) is 5.87. The van der Waals surface area contributed by atoms with Crippen molar-refractivity contribution in [2.45, 2.75) is 5.16 Å². The Morgan fingerprint density at radius 3 is 2.24 bits per heavy atom. The van der Waals surface area contributed by atoms with Crippen molar-refractivity contribution in [3.8, 4) is 22.5 Å². The lowest BCUT2D eigenvalue weighted by molar-refractivity contribution is -0.113. The standard InChI is InChI=1S/C27H26N4O2S/c32-24(28-22-11-13-23(14-12-22)31-15-17-33-18-16-31)19-34-27-29-25(20-7-3-1-4-8-20)26(30-27)21-9-5-2-6-10-21/h1-14H,15-19H2,(H,28,32)(H,29,30). The normalized spacial score (nSPS) is 13.6. The van der Waals surface area contributed by atoms with Gasteiger partial charge in [0.2, 0.25) is 5.91 Å². The lowest BCUT2D eigenvalue weighted by Gasteiger charge is -2.28. The van der Waals surface area contributed by atoms with E-state index in [-0.39, 0.29) is 11.7 Å². The fourth-order valence-corrected chi connectivity index (χ4v) is 4.62. The smallest absolute Gasteiger partial charge is 0.234 e. The van der Waals surface area contributed by atoms with Gasteiger partial charge in [0.15, 0.2) is 5.16 Å². The van der Waals surface area contributed by atoms with Crippen LogP contribution in [0.15, 0.2) is 90.1 Å². The highest BCUT2D eigenvalue weighted by Crippen LogP contribution is 2.32. The first-order chi connectivity index (χ1) is 16.8. The molecule has 0 atom stereocenters. The Morgan fingerprint density at radius 1 is 0.912 bits per heavy atom. The highest BCUT2D eigenvalue weighted by Gasteiger charge is 2.16. The van der Waals surface area contributed by atoms with Crippen LogP contribution in [0.2, 0.25) is 0 Å². The molecule has 0 spiro atoms. The molecule has 1 aliphatic rings. The average molecular weight is 471 g/mol. The number of carbonyl (C=O) groups excluding carboxylic acids is 1. The van der Waals surface area contributed by atoms with Gasteiger partial charge in [-0.3, -0.25) is 4.79 Å². The fraction of sp³-hybridized carbons (Fsp3) is 0.185. The predicted octanol–water partition coefficient (Wildman–Crippen LogP) is 5.31. The maximum absolute atomic E-state index is 12.6. The molecule has 172 valence electrons. The van der Waals surface area contributed by atoms with Crippen LogP contribution in [0.3, 0.4) is 0 Å². The van der Waals surface area contributed by atoms with Gasteiger partial charge in [-0.1, -0.05) is 72.4 Å². The number of imidazole rings is 1. The number of hydrogen-bond donors (Lipinski definition) is 2. The molecule has 34 heavy (non-hydrogen) atoms. The molecule has 0 aliphatic carbocycles. The van der Waals surface area contributed by atoms with Crippen molar-refractivity contribution < 1.29 is 9.53 Å². The summed E-state index contributed by atoms with van der Waals surface area (Å²) >= 11 is 1.40. The van der Waals surface area contributed by atoms with Crippen molar-refractivity contribution in [3.63, 3.8) is 0 Å². The second-order valence-electron chi connectivity index (χ2n) is 7.98. The van der Waals surface area contributed by atoms with Crippen molar-refractivity contribution >= 4 is 29.0 Å². The van der Waals surface area contributed by atoms with E-state index in [1.165, 1.54) is 11.8 Å². The first kappa shape index (κ1) is 22.3. The molecule has 0 bridgehead atoms. The van der Waals surface area contributed by atoms with Crippen LogP contribution >= 0.6 is 11.8 Å². The predicted molar refractivity (Wildman–Crippen MR) is 138 cm³/mol. The number of aromatic amines is 1. The van der Waals surface area contributed by atoms with Crippen LogP contribution in [0, 0.1) is 0 Å². The van der Waals surface area contributed by atoms with Crippen LogP contribution in [0.25, 0.3) is 22.5 Å². The van der Waals surface area contributed by atoms with Crippen LogP contribution in [0.4, 0.5) is 11.4 Å². The van der Waals surface area contributed by atoms with E-state index >= 15 is 0 Å². The Bertz CT molecular complexity index is 1160. The third kappa shape index (κ3) is 5.32. The minimum absolute atomic E-state index is 0.0666. The Labute approximate surface area is 203 Å². The molecule has 4 aromatic rings. The van der Waals surface area contributed by atoms with Crippen molar-refractivity contribution in [3.05, 3.63) is 84.9 Å². The van der Waals surface area contributed by atoms with Gasteiger partial charge in [0.1, 0.15) is 0 Å². The molecule has 1 fully saturated rings. The van der Waals surface area contributed by atoms with Gasteiger partial charge in [0.05, 0.1) is 30.4 Å². The largest absolute Gasteiger partial charge is 0.378 e. The summed E-state index contributed by atoms with van der Waals surface area (Å²) < 4.78 is 5.41. The Morgan fingerprint density at radius 2 is 1.56 bits per heavy atom. The van der Waals surface area contributed by atoms with E-state index in [9.17, 15) is 4.79 Å². The van der Waals surface area contributed by atoms with Crippen molar-refractivity contribution in [1.82, 2.24) is 9.97 Å². The number of H-pyrrole nitrogens is 1. The van der Waals surface area contributed by atoms with E-state index in [0.717, 1.165) is 65.3 Å². The molecule has 3 aromatic carbocycles. The summed E-state index contributed by atoms with van der Waals surface area (Å²) in [6.07, 6.45) is 0. The van der Waals surface area contributed by atoms with Crippen LogP contribution in [-0.2, 0) is 9.53 Å². The van der Waals surface area contributed by atoms with Crippen molar-refractivity contribution in [2.24, 2.45) is 0 Å². The maximum atomic E-state index is 12.6. The summed E-state index contributed by atoms with van der Waals surface area (Å²) in [5.74, 6) is 0.198. The molecule has 1 aromatic heterocycles. The molecule has 0 saturated carbocycles. The fourth-order valence-electron chi connectivity index (χ4n) is 3.95. The Kier molecular flexibility index (Phi) is 6.93. The molecule has 0 unspecified atom stereocenters.